The van der Waals surface area contributed by atoms with Crippen LogP contribution in [0.1, 0.15) is 11.3 Å². The number of fused-ring (bicyclic) bond motifs is 1. The van der Waals surface area contributed by atoms with Gasteiger partial charge in [0.15, 0.2) is 0 Å². The van der Waals surface area contributed by atoms with Gasteiger partial charge in [0, 0.05) is 23.6 Å². The average molecular weight is 277 g/mol. The second kappa shape index (κ2) is 5.67. The summed E-state index contributed by atoms with van der Waals surface area (Å²) in [5.41, 5.74) is 2.31. The van der Waals surface area contributed by atoms with Crippen LogP contribution in [-0.4, -0.2) is 7.11 Å². The fourth-order valence-corrected chi connectivity index (χ4v) is 2.22. The van der Waals surface area contributed by atoms with E-state index in [0.29, 0.717) is 11.2 Å². The number of rotatable bonds is 3. The van der Waals surface area contributed by atoms with Crippen molar-refractivity contribution in [1.82, 2.24) is 0 Å². The second-order valence-corrected chi connectivity index (χ2v) is 4.72. The summed E-state index contributed by atoms with van der Waals surface area (Å²) in [6, 6.07) is 19.0. The summed E-state index contributed by atoms with van der Waals surface area (Å²) in [4.78, 5) is 0. The molecule has 3 rings (SSSR count). The van der Waals surface area contributed by atoms with Crippen LogP contribution in [0.25, 0.3) is 23.1 Å². The SMILES string of the molecule is COc1ccc(C=Cc2ccc3ccccc3[n+]2[O-])cc1. The number of hydrogen-bond acceptors (Lipinski definition) is 2. The van der Waals surface area contributed by atoms with Crippen LogP contribution >= 0.6 is 0 Å². The summed E-state index contributed by atoms with van der Waals surface area (Å²) in [7, 11) is 1.64. The van der Waals surface area contributed by atoms with E-state index in [1.807, 2.05) is 72.8 Å². The van der Waals surface area contributed by atoms with E-state index in [9.17, 15) is 5.21 Å². The van der Waals surface area contributed by atoms with E-state index in [1.54, 1.807) is 7.11 Å². The molecule has 1 heterocycles. The predicted molar refractivity (Wildman–Crippen MR) is 84.8 cm³/mol. The number of para-hydroxylation sites is 1. The topological polar surface area (TPSA) is 36.2 Å². The number of hydrogen-bond donors (Lipinski definition) is 0. The fraction of sp³-hybridized carbons (Fsp3) is 0.0556. The molecular weight excluding hydrogens is 262 g/mol. The Labute approximate surface area is 123 Å². The van der Waals surface area contributed by atoms with E-state index < -0.39 is 0 Å². The van der Waals surface area contributed by atoms with Gasteiger partial charge < -0.3 is 9.94 Å². The second-order valence-electron chi connectivity index (χ2n) is 4.72. The van der Waals surface area contributed by atoms with Crippen LogP contribution in [0.15, 0.2) is 60.7 Å². The fourth-order valence-electron chi connectivity index (χ4n) is 2.22. The van der Waals surface area contributed by atoms with Crippen LogP contribution in [-0.2, 0) is 0 Å². The number of methoxy groups -OCH3 is 1. The van der Waals surface area contributed by atoms with E-state index in [2.05, 4.69) is 0 Å². The molecule has 0 fully saturated rings. The van der Waals surface area contributed by atoms with Crippen molar-refractivity contribution in [2.45, 2.75) is 0 Å². The Morgan fingerprint density at radius 2 is 1.67 bits per heavy atom. The molecule has 3 heteroatoms. The van der Waals surface area contributed by atoms with Crippen LogP contribution in [0.4, 0.5) is 0 Å². The van der Waals surface area contributed by atoms with Crippen molar-refractivity contribution in [2.75, 3.05) is 7.11 Å². The lowest BCUT2D eigenvalue weighted by atomic mass is 10.1. The number of nitrogens with zero attached hydrogens (tertiary/aromatic N) is 1. The standard InChI is InChI=1S/C18H15NO2/c1-21-17-12-7-14(8-13-17)6-10-16-11-9-15-4-2-3-5-18(15)19(16)20/h2-13H,1H3. The highest BCUT2D eigenvalue weighted by Crippen LogP contribution is 2.15. The first kappa shape index (κ1) is 13.2. The summed E-state index contributed by atoms with van der Waals surface area (Å²) in [6.45, 7) is 0. The van der Waals surface area contributed by atoms with Gasteiger partial charge in [0.2, 0.25) is 11.2 Å². The van der Waals surface area contributed by atoms with Gasteiger partial charge in [-0.25, -0.2) is 0 Å². The molecule has 0 radical (unpaired) electrons. The highest BCUT2D eigenvalue weighted by molar-refractivity contribution is 5.77. The lowest BCUT2D eigenvalue weighted by Crippen LogP contribution is -2.30. The lowest BCUT2D eigenvalue weighted by molar-refractivity contribution is -0.579. The summed E-state index contributed by atoms with van der Waals surface area (Å²) < 4.78 is 6.07. The van der Waals surface area contributed by atoms with Crippen LogP contribution in [0.2, 0.25) is 0 Å². The Morgan fingerprint density at radius 3 is 2.43 bits per heavy atom. The predicted octanol–water partition coefficient (Wildman–Crippen LogP) is 3.65. The molecule has 3 aromatic rings. The summed E-state index contributed by atoms with van der Waals surface area (Å²) in [5, 5.41) is 13.2. The zero-order valence-electron chi connectivity index (χ0n) is 11.7. The Hall–Kier alpha value is -2.81. The molecule has 0 bridgehead atoms. The molecule has 0 aliphatic rings. The first-order valence-electron chi connectivity index (χ1n) is 6.71. The van der Waals surface area contributed by atoms with E-state index >= 15 is 0 Å². The third-order valence-corrected chi connectivity index (χ3v) is 3.39. The zero-order chi connectivity index (χ0) is 14.7. The molecular formula is C18H15NO2. The highest BCUT2D eigenvalue weighted by atomic mass is 16.5. The molecule has 0 spiro atoms. The minimum absolute atomic E-state index is 0.615. The van der Waals surface area contributed by atoms with E-state index in [-0.39, 0.29) is 0 Å². The van der Waals surface area contributed by atoms with Gasteiger partial charge in [-0.1, -0.05) is 24.3 Å². The highest BCUT2D eigenvalue weighted by Gasteiger charge is 2.06. The minimum Gasteiger partial charge on any atom is -0.618 e. The Balaban J connectivity index is 1.93. The molecule has 0 atom stereocenters. The Bertz CT molecular complexity index is 792. The molecule has 1 aromatic heterocycles. The van der Waals surface area contributed by atoms with Crippen molar-refractivity contribution in [3.8, 4) is 5.75 Å². The summed E-state index contributed by atoms with van der Waals surface area (Å²) >= 11 is 0. The van der Waals surface area contributed by atoms with Gasteiger partial charge >= 0.3 is 0 Å². The maximum atomic E-state index is 12.3. The average Bonchev–Trinajstić information content (AvgIpc) is 2.55. The summed E-state index contributed by atoms with van der Waals surface area (Å²) in [5.74, 6) is 0.816. The van der Waals surface area contributed by atoms with Crippen molar-refractivity contribution >= 4 is 23.1 Å². The minimum atomic E-state index is 0.615. The smallest absolute Gasteiger partial charge is 0.224 e. The van der Waals surface area contributed by atoms with Crippen molar-refractivity contribution in [2.24, 2.45) is 0 Å². The van der Waals surface area contributed by atoms with Gasteiger partial charge in [-0.2, -0.15) is 4.73 Å². The molecule has 0 aliphatic heterocycles. The Morgan fingerprint density at radius 1 is 0.905 bits per heavy atom. The van der Waals surface area contributed by atoms with Gasteiger partial charge in [-0.15, -0.1) is 0 Å². The molecule has 21 heavy (non-hydrogen) atoms. The molecule has 0 saturated heterocycles. The largest absolute Gasteiger partial charge is 0.618 e. The van der Waals surface area contributed by atoms with Gasteiger partial charge in [0.25, 0.3) is 0 Å². The van der Waals surface area contributed by atoms with Gasteiger partial charge in [0.1, 0.15) is 5.75 Å². The van der Waals surface area contributed by atoms with Crippen LogP contribution in [0.5, 0.6) is 5.75 Å². The molecule has 3 nitrogen and oxygen atoms in total. The molecule has 0 aliphatic carbocycles. The molecule has 0 N–H and O–H groups in total. The van der Waals surface area contributed by atoms with E-state index in [1.165, 1.54) is 0 Å². The van der Waals surface area contributed by atoms with Crippen LogP contribution < -0.4 is 9.47 Å². The molecule has 0 saturated carbocycles. The maximum Gasteiger partial charge on any atom is 0.224 e. The quantitative estimate of drug-likeness (QED) is 0.541. The maximum absolute atomic E-state index is 12.3. The van der Waals surface area contributed by atoms with Crippen molar-refractivity contribution in [3.63, 3.8) is 0 Å². The third kappa shape index (κ3) is 2.72. The summed E-state index contributed by atoms with van der Waals surface area (Å²) in [6.07, 6.45) is 3.74. The van der Waals surface area contributed by atoms with Gasteiger partial charge in [0.05, 0.1) is 7.11 Å². The molecule has 0 amide bonds. The first-order chi connectivity index (χ1) is 10.3. The normalized spacial score (nSPS) is 11.1. The molecule has 0 unspecified atom stereocenters. The number of ether oxygens (including phenoxy) is 1. The van der Waals surface area contributed by atoms with Crippen LogP contribution in [0, 0.1) is 5.21 Å². The first-order valence-corrected chi connectivity index (χ1v) is 6.71. The zero-order valence-corrected chi connectivity index (χ0v) is 11.7. The number of pyridine rings is 1. The monoisotopic (exact) mass is 277 g/mol. The number of benzene rings is 2. The number of aromatic nitrogens is 1. The third-order valence-electron chi connectivity index (χ3n) is 3.39. The van der Waals surface area contributed by atoms with Gasteiger partial charge in [-0.3, -0.25) is 0 Å². The van der Waals surface area contributed by atoms with Gasteiger partial charge in [-0.05, 0) is 35.9 Å². The molecule has 104 valence electrons. The lowest BCUT2D eigenvalue weighted by Gasteiger charge is -2.04. The Kier molecular flexibility index (Phi) is 3.56. The molecule has 2 aromatic carbocycles. The van der Waals surface area contributed by atoms with Crippen molar-refractivity contribution in [3.05, 3.63) is 77.1 Å². The van der Waals surface area contributed by atoms with E-state index in [4.69, 9.17) is 4.74 Å². The van der Waals surface area contributed by atoms with Crippen molar-refractivity contribution in [1.29, 1.82) is 0 Å². The van der Waals surface area contributed by atoms with Crippen LogP contribution in [0.3, 0.4) is 0 Å². The van der Waals surface area contributed by atoms with Crippen molar-refractivity contribution < 1.29 is 9.47 Å². The van der Waals surface area contributed by atoms with E-state index in [0.717, 1.165) is 21.4 Å².